The number of rotatable bonds is 3. The summed E-state index contributed by atoms with van der Waals surface area (Å²) in [5, 5.41) is 1.90. The van der Waals surface area contributed by atoms with Gasteiger partial charge in [0.1, 0.15) is 6.54 Å². The Balaban J connectivity index is 2.12. The minimum atomic E-state index is -0.194. The predicted octanol–water partition coefficient (Wildman–Crippen LogP) is 2.85. The topological polar surface area (TPSA) is 34.5 Å². The van der Waals surface area contributed by atoms with Crippen LogP contribution in [0.1, 0.15) is 18.2 Å². The highest BCUT2D eigenvalue weighted by atomic mass is 35.5. The van der Waals surface area contributed by atoms with Gasteiger partial charge in [-0.25, -0.2) is 0 Å². The number of aromatic nitrogens is 1. The van der Waals surface area contributed by atoms with E-state index in [1.54, 1.807) is 0 Å². The first-order chi connectivity index (χ1) is 10.1. The molecule has 21 heavy (non-hydrogen) atoms. The van der Waals surface area contributed by atoms with E-state index in [1.165, 1.54) is 11.3 Å². The van der Waals surface area contributed by atoms with Crippen molar-refractivity contribution in [3.63, 3.8) is 0 Å². The zero-order chi connectivity index (χ0) is 15.0. The standard InChI is InChI=1S/C16H19ClN2O2/c1-3-21-16(20)10-19-14-5-4-11(17)8-13(14)12-6-7-18(2)9-15(12)19/h4-5,8H,3,6-7,9-10H2,1-2H3. The third kappa shape index (κ3) is 2.65. The van der Waals surface area contributed by atoms with Crippen LogP contribution in [0.4, 0.5) is 0 Å². The largest absolute Gasteiger partial charge is 0.465 e. The molecule has 1 aromatic heterocycles. The first kappa shape index (κ1) is 14.4. The summed E-state index contributed by atoms with van der Waals surface area (Å²) in [6.45, 7) is 4.37. The van der Waals surface area contributed by atoms with Gasteiger partial charge in [-0.2, -0.15) is 0 Å². The smallest absolute Gasteiger partial charge is 0.325 e. The monoisotopic (exact) mass is 306 g/mol. The molecule has 5 heteroatoms. The van der Waals surface area contributed by atoms with Crippen LogP contribution in [-0.2, 0) is 29.0 Å². The summed E-state index contributed by atoms with van der Waals surface area (Å²) in [7, 11) is 2.10. The van der Waals surface area contributed by atoms with Crippen molar-refractivity contribution >= 4 is 28.5 Å². The molecule has 0 bridgehead atoms. The Hall–Kier alpha value is -1.52. The fourth-order valence-electron chi connectivity index (χ4n) is 3.06. The third-order valence-electron chi connectivity index (χ3n) is 4.00. The molecule has 0 saturated heterocycles. The number of halogens is 1. The molecule has 0 radical (unpaired) electrons. The predicted molar refractivity (Wildman–Crippen MR) is 83.6 cm³/mol. The fraction of sp³-hybridized carbons (Fsp3) is 0.438. The molecule has 0 amide bonds. The van der Waals surface area contributed by atoms with E-state index in [0.717, 1.165) is 35.4 Å². The molecule has 0 unspecified atom stereocenters. The van der Waals surface area contributed by atoms with Gasteiger partial charge in [0.05, 0.1) is 6.61 Å². The first-order valence-electron chi connectivity index (χ1n) is 7.23. The van der Waals surface area contributed by atoms with Crippen molar-refractivity contribution < 1.29 is 9.53 Å². The van der Waals surface area contributed by atoms with E-state index in [9.17, 15) is 4.79 Å². The van der Waals surface area contributed by atoms with Crippen LogP contribution < -0.4 is 0 Å². The van der Waals surface area contributed by atoms with Crippen molar-refractivity contribution in [3.8, 4) is 0 Å². The second kappa shape index (κ2) is 5.70. The average Bonchev–Trinajstić information content (AvgIpc) is 2.72. The lowest BCUT2D eigenvalue weighted by molar-refractivity contribution is -0.143. The summed E-state index contributed by atoms with van der Waals surface area (Å²) in [4.78, 5) is 14.2. The van der Waals surface area contributed by atoms with Crippen LogP contribution in [0.15, 0.2) is 18.2 Å². The molecular weight excluding hydrogens is 288 g/mol. The van der Waals surface area contributed by atoms with Gasteiger partial charge in [-0.3, -0.25) is 4.79 Å². The molecular formula is C16H19ClN2O2. The van der Waals surface area contributed by atoms with E-state index in [4.69, 9.17) is 16.3 Å². The molecule has 3 rings (SSSR count). The van der Waals surface area contributed by atoms with Crippen LogP contribution in [0.3, 0.4) is 0 Å². The fourth-order valence-corrected chi connectivity index (χ4v) is 3.23. The number of fused-ring (bicyclic) bond motifs is 3. The highest BCUT2D eigenvalue weighted by Gasteiger charge is 2.23. The van der Waals surface area contributed by atoms with E-state index in [2.05, 4.69) is 16.5 Å². The summed E-state index contributed by atoms with van der Waals surface area (Å²) in [5.41, 5.74) is 3.58. The van der Waals surface area contributed by atoms with Gasteiger partial charge < -0.3 is 14.2 Å². The molecule has 0 atom stereocenters. The Bertz CT molecular complexity index is 693. The van der Waals surface area contributed by atoms with E-state index >= 15 is 0 Å². The lowest BCUT2D eigenvalue weighted by Crippen LogP contribution is -2.28. The van der Waals surface area contributed by atoms with Gasteiger partial charge in [0.25, 0.3) is 0 Å². The van der Waals surface area contributed by atoms with E-state index < -0.39 is 0 Å². The van der Waals surface area contributed by atoms with Gasteiger partial charge in [-0.1, -0.05) is 11.6 Å². The Kier molecular flexibility index (Phi) is 3.91. The average molecular weight is 307 g/mol. The van der Waals surface area contributed by atoms with Crippen LogP contribution in [-0.4, -0.2) is 35.6 Å². The molecule has 4 nitrogen and oxygen atoms in total. The van der Waals surface area contributed by atoms with E-state index in [-0.39, 0.29) is 12.5 Å². The molecule has 112 valence electrons. The van der Waals surface area contributed by atoms with Gasteiger partial charge >= 0.3 is 5.97 Å². The number of hydrogen-bond donors (Lipinski definition) is 0. The van der Waals surface area contributed by atoms with Crippen molar-refractivity contribution in [1.82, 2.24) is 9.47 Å². The quantitative estimate of drug-likeness (QED) is 0.818. The van der Waals surface area contributed by atoms with Crippen molar-refractivity contribution in [2.75, 3.05) is 20.2 Å². The Labute approximate surface area is 129 Å². The minimum absolute atomic E-state index is 0.194. The van der Waals surface area contributed by atoms with Gasteiger partial charge in [0, 0.05) is 34.7 Å². The number of ether oxygens (including phenoxy) is 1. The molecule has 1 aliphatic heterocycles. The van der Waals surface area contributed by atoms with E-state index in [0.29, 0.717) is 6.61 Å². The Morgan fingerprint density at radius 2 is 2.24 bits per heavy atom. The highest BCUT2D eigenvalue weighted by molar-refractivity contribution is 6.31. The SMILES string of the molecule is CCOC(=O)Cn1c2c(c3cc(Cl)ccc31)CCN(C)C2. The van der Waals surface area contributed by atoms with Crippen molar-refractivity contribution in [1.29, 1.82) is 0 Å². The summed E-state index contributed by atoms with van der Waals surface area (Å²) < 4.78 is 7.18. The molecule has 0 saturated carbocycles. The molecule has 2 aromatic rings. The van der Waals surface area contributed by atoms with Crippen LogP contribution in [0.25, 0.3) is 10.9 Å². The van der Waals surface area contributed by atoms with Gasteiger partial charge in [0.15, 0.2) is 0 Å². The highest BCUT2D eigenvalue weighted by Crippen LogP contribution is 2.32. The zero-order valence-electron chi connectivity index (χ0n) is 12.4. The number of likely N-dealkylation sites (N-methyl/N-ethyl adjacent to an activating group) is 1. The van der Waals surface area contributed by atoms with Gasteiger partial charge in [-0.05, 0) is 44.2 Å². The normalized spacial score (nSPS) is 15.2. The second-order valence-electron chi connectivity index (χ2n) is 5.47. The summed E-state index contributed by atoms with van der Waals surface area (Å²) in [6, 6.07) is 5.87. The molecule has 0 fully saturated rings. The second-order valence-corrected chi connectivity index (χ2v) is 5.90. The number of benzene rings is 1. The zero-order valence-corrected chi connectivity index (χ0v) is 13.1. The molecule has 0 N–H and O–H groups in total. The lowest BCUT2D eigenvalue weighted by atomic mass is 10.0. The third-order valence-corrected chi connectivity index (χ3v) is 4.24. The summed E-state index contributed by atoms with van der Waals surface area (Å²) >= 11 is 6.14. The van der Waals surface area contributed by atoms with Crippen LogP contribution in [0.5, 0.6) is 0 Å². The van der Waals surface area contributed by atoms with Crippen LogP contribution in [0.2, 0.25) is 5.02 Å². The number of esters is 1. The molecule has 1 aliphatic rings. The van der Waals surface area contributed by atoms with E-state index in [1.807, 2.05) is 25.1 Å². The summed E-state index contributed by atoms with van der Waals surface area (Å²) in [5.74, 6) is -0.194. The molecule has 1 aromatic carbocycles. The number of carbonyl (C=O) groups is 1. The summed E-state index contributed by atoms with van der Waals surface area (Å²) in [6.07, 6.45) is 0.985. The van der Waals surface area contributed by atoms with Crippen molar-refractivity contribution in [2.45, 2.75) is 26.4 Å². The number of hydrogen-bond acceptors (Lipinski definition) is 3. The maximum Gasteiger partial charge on any atom is 0.325 e. The first-order valence-corrected chi connectivity index (χ1v) is 7.61. The number of carbonyl (C=O) groups excluding carboxylic acids is 1. The van der Waals surface area contributed by atoms with Crippen molar-refractivity contribution in [2.24, 2.45) is 0 Å². The minimum Gasteiger partial charge on any atom is -0.465 e. The lowest BCUT2D eigenvalue weighted by Gasteiger charge is -2.24. The molecule has 0 aliphatic carbocycles. The van der Waals surface area contributed by atoms with Gasteiger partial charge in [-0.15, -0.1) is 0 Å². The number of nitrogens with zero attached hydrogens (tertiary/aromatic N) is 2. The Morgan fingerprint density at radius 1 is 1.43 bits per heavy atom. The Morgan fingerprint density at radius 3 is 3.00 bits per heavy atom. The van der Waals surface area contributed by atoms with Gasteiger partial charge in [0.2, 0.25) is 0 Å². The molecule has 2 heterocycles. The maximum absolute atomic E-state index is 11.9. The van der Waals surface area contributed by atoms with Crippen molar-refractivity contribution in [3.05, 3.63) is 34.5 Å². The van der Waals surface area contributed by atoms with Crippen LogP contribution in [0, 0.1) is 0 Å². The van der Waals surface area contributed by atoms with Crippen LogP contribution >= 0.6 is 11.6 Å². The maximum atomic E-state index is 11.9. The molecule has 0 spiro atoms.